The molecular formula is C22H16ClNO3S2. The van der Waals surface area contributed by atoms with Crippen LogP contribution in [0.4, 0.5) is 5.69 Å². The van der Waals surface area contributed by atoms with E-state index < -0.39 is 0 Å². The van der Waals surface area contributed by atoms with E-state index in [9.17, 15) is 4.79 Å². The Kier molecular flexibility index (Phi) is 5.76. The van der Waals surface area contributed by atoms with E-state index in [0.717, 1.165) is 11.3 Å². The summed E-state index contributed by atoms with van der Waals surface area (Å²) >= 11 is 12.6. The van der Waals surface area contributed by atoms with Crippen molar-refractivity contribution < 1.29 is 13.9 Å². The van der Waals surface area contributed by atoms with Crippen molar-refractivity contribution in [3.8, 4) is 17.1 Å². The molecule has 0 bridgehead atoms. The van der Waals surface area contributed by atoms with Crippen molar-refractivity contribution in [1.82, 2.24) is 0 Å². The summed E-state index contributed by atoms with van der Waals surface area (Å²) in [5.74, 6) is 1.87. The highest BCUT2D eigenvalue weighted by molar-refractivity contribution is 8.27. The van der Waals surface area contributed by atoms with Crippen LogP contribution in [0.3, 0.4) is 0 Å². The quantitative estimate of drug-likeness (QED) is 0.338. The molecule has 1 fully saturated rings. The average molecular weight is 442 g/mol. The van der Waals surface area contributed by atoms with Gasteiger partial charge in [0.1, 0.15) is 17.3 Å². The van der Waals surface area contributed by atoms with Gasteiger partial charge in [-0.25, -0.2) is 0 Å². The van der Waals surface area contributed by atoms with E-state index in [0.29, 0.717) is 38.1 Å². The third kappa shape index (κ3) is 4.24. The fourth-order valence-corrected chi connectivity index (χ4v) is 4.28. The molecule has 0 spiro atoms. The van der Waals surface area contributed by atoms with E-state index >= 15 is 0 Å². The zero-order valence-electron chi connectivity index (χ0n) is 15.4. The lowest BCUT2D eigenvalue weighted by atomic mass is 10.2. The first kappa shape index (κ1) is 19.8. The van der Waals surface area contributed by atoms with E-state index in [4.69, 9.17) is 33.0 Å². The Labute approximate surface area is 183 Å². The molecule has 0 unspecified atom stereocenters. The molecular weight excluding hydrogens is 426 g/mol. The van der Waals surface area contributed by atoms with Crippen LogP contribution < -0.4 is 9.64 Å². The van der Waals surface area contributed by atoms with Gasteiger partial charge in [0, 0.05) is 16.7 Å². The minimum Gasteiger partial charge on any atom is -0.494 e. The molecule has 7 heteroatoms. The summed E-state index contributed by atoms with van der Waals surface area (Å²) < 4.78 is 11.8. The van der Waals surface area contributed by atoms with Crippen molar-refractivity contribution in [3.63, 3.8) is 0 Å². The van der Waals surface area contributed by atoms with Gasteiger partial charge < -0.3 is 9.15 Å². The third-order valence-corrected chi connectivity index (χ3v) is 5.78. The maximum Gasteiger partial charge on any atom is 0.270 e. The number of hydrogen-bond donors (Lipinski definition) is 0. The lowest BCUT2D eigenvalue weighted by Gasteiger charge is -2.15. The fraction of sp³-hybridized carbons (Fsp3) is 0.0909. The summed E-state index contributed by atoms with van der Waals surface area (Å²) in [6.45, 7) is 2.51. The molecule has 0 aliphatic carbocycles. The SMILES string of the molecule is CCOc1ccc(N2C(=O)/C(=C/c3ccc(-c4ccc(Cl)cc4)o3)SC2=S)cc1. The van der Waals surface area contributed by atoms with Gasteiger partial charge in [0.05, 0.1) is 17.2 Å². The lowest BCUT2D eigenvalue weighted by Crippen LogP contribution is -2.27. The van der Waals surface area contributed by atoms with Gasteiger partial charge in [0.2, 0.25) is 0 Å². The number of hydrogen-bond acceptors (Lipinski definition) is 5. The van der Waals surface area contributed by atoms with Gasteiger partial charge in [-0.1, -0.05) is 35.6 Å². The first-order valence-corrected chi connectivity index (χ1v) is 10.5. The number of furan rings is 1. The second kappa shape index (κ2) is 8.45. The summed E-state index contributed by atoms with van der Waals surface area (Å²) in [4.78, 5) is 14.9. The molecule has 2 aromatic carbocycles. The van der Waals surface area contributed by atoms with Crippen LogP contribution in [0.15, 0.2) is 70.0 Å². The number of nitrogens with zero attached hydrogens (tertiary/aromatic N) is 1. The molecule has 4 nitrogen and oxygen atoms in total. The predicted molar refractivity (Wildman–Crippen MR) is 122 cm³/mol. The number of halogens is 1. The molecule has 1 aromatic heterocycles. The van der Waals surface area contributed by atoms with E-state index in [1.807, 2.05) is 55.5 Å². The summed E-state index contributed by atoms with van der Waals surface area (Å²) in [6.07, 6.45) is 1.72. The van der Waals surface area contributed by atoms with Gasteiger partial charge >= 0.3 is 0 Å². The molecule has 3 aromatic rings. The van der Waals surface area contributed by atoms with Crippen LogP contribution in [-0.2, 0) is 4.79 Å². The van der Waals surface area contributed by atoms with Crippen LogP contribution in [0.5, 0.6) is 5.75 Å². The van der Waals surface area contributed by atoms with E-state index in [-0.39, 0.29) is 5.91 Å². The van der Waals surface area contributed by atoms with E-state index in [1.54, 1.807) is 18.2 Å². The molecule has 0 radical (unpaired) electrons. The number of carbonyl (C=O) groups is 1. The van der Waals surface area contributed by atoms with Crippen LogP contribution in [0.2, 0.25) is 5.02 Å². The number of benzene rings is 2. The molecule has 0 saturated carbocycles. The highest BCUT2D eigenvalue weighted by Gasteiger charge is 2.33. The zero-order valence-corrected chi connectivity index (χ0v) is 17.8. The molecule has 146 valence electrons. The summed E-state index contributed by atoms with van der Waals surface area (Å²) in [6, 6.07) is 18.4. The van der Waals surface area contributed by atoms with E-state index in [2.05, 4.69) is 0 Å². The average Bonchev–Trinajstić information content (AvgIpc) is 3.28. The van der Waals surface area contributed by atoms with Crippen LogP contribution in [0.25, 0.3) is 17.4 Å². The minimum absolute atomic E-state index is 0.173. The smallest absolute Gasteiger partial charge is 0.270 e. The molecule has 0 N–H and O–H groups in total. The normalized spacial score (nSPS) is 15.4. The molecule has 29 heavy (non-hydrogen) atoms. The predicted octanol–water partition coefficient (Wildman–Crippen LogP) is 6.40. The number of anilines is 1. The highest BCUT2D eigenvalue weighted by Crippen LogP contribution is 2.37. The first-order valence-electron chi connectivity index (χ1n) is 8.92. The number of amides is 1. The number of carbonyl (C=O) groups excluding carboxylic acids is 1. The largest absolute Gasteiger partial charge is 0.494 e. The minimum atomic E-state index is -0.173. The second-order valence-electron chi connectivity index (χ2n) is 6.15. The molecule has 0 atom stereocenters. The highest BCUT2D eigenvalue weighted by atomic mass is 35.5. The Balaban J connectivity index is 1.55. The van der Waals surface area contributed by atoms with Crippen LogP contribution >= 0.6 is 35.6 Å². The van der Waals surface area contributed by atoms with E-state index in [1.165, 1.54) is 16.7 Å². The number of thiocarbonyl (C=S) groups is 1. The Morgan fingerprint density at radius 2 is 1.83 bits per heavy atom. The summed E-state index contributed by atoms with van der Waals surface area (Å²) in [7, 11) is 0. The molecule has 1 saturated heterocycles. The second-order valence-corrected chi connectivity index (χ2v) is 8.27. The maximum atomic E-state index is 12.9. The third-order valence-electron chi connectivity index (χ3n) is 4.23. The maximum absolute atomic E-state index is 12.9. The Hall–Kier alpha value is -2.54. The van der Waals surface area contributed by atoms with Crippen molar-refractivity contribution in [2.45, 2.75) is 6.92 Å². The number of rotatable bonds is 5. The van der Waals surface area contributed by atoms with Gasteiger partial charge in [0.15, 0.2) is 4.32 Å². The van der Waals surface area contributed by atoms with Crippen molar-refractivity contribution >= 4 is 57.6 Å². The monoisotopic (exact) mass is 441 g/mol. The number of ether oxygens (including phenoxy) is 1. The first-order chi connectivity index (χ1) is 14.0. The van der Waals surface area contributed by atoms with Crippen molar-refractivity contribution in [1.29, 1.82) is 0 Å². The van der Waals surface area contributed by atoms with Crippen molar-refractivity contribution in [3.05, 3.63) is 76.4 Å². The Morgan fingerprint density at radius 3 is 2.52 bits per heavy atom. The fourth-order valence-electron chi connectivity index (χ4n) is 2.88. The summed E-state index contributed by atoms with van der Waals surface area (Å²) in [5.41, 5.74) is 1.62. The zero-order chi connectivity index (χ0) is 20.4. The van der Waals surface area contributed by atoms with Gasteiger partial charge in [-0.2, -0.15) is 0 Å². The summed E-state index contributed by atoms with van der Waals surface area (Å²) in [5, 5.41) is 0.665. The van der Waals surface area contributed by atoms with Gasteiger partial charge in [-0.3, -0.25) is 9.69 Å². The molecule has 1 amide bonds. The Bertz CT molecular complexity index is 1090. The molecule has 1 aliphatic rings. The Morgan fingerprint density at radius 1 is 1.10 bits per heavy atom. The van der Waals surface area contributed by atoms with Crippen LogP contribution in [0.1, 0.15) is 12.7 Å². The standard InChI is InChI=1S/C22H16ClNO3S2/c1-2-26-17-9-7-16(8-10-17)24-21(25)20(29-22(24)28)13-18-11-12-19(27-18)14-3-5-15(23)6-4-14/h3-13H,2H2,1H3/b20-13-. The number of thioether (sulfide) groups is 1. The van der Waals surface area contributed by atoms with Crippen LogP contribution in [0, 0.1) is 0 Å². The molecule has 1 aliphatic heterocycles. The van der Waals surface area contributed by atoms with Gasteiger partial charge in [-0.05, 0) is 67.6 Å². The van der Waals surface area contributed by atoms with Crippen LogP contribution in [-0.4, -0.2) is 16.8 Å². The lowest BCUT2D eigenvalue weighted by molar-refractivity contribution is -0.113. The molecule has 4 rings (SSSR count). The van der Waals surface area contributed by atoms with Gasteiger partial charge in [-0.15, -0.1) is 0 Å². The van der Waals surface area contributed by atoms with Crippen molar-refractivity contribution in [2.24, 2.45) is 0 Å². The topological polar surface area (TPSA) is 42.7 Å². The molecule has 2 heterocycles. The van der Waals surface area contributed by atoms with Gasteiger partial charge in [0.25, 0.3) is 5.91 Å². The van der Waals surface area contributed by atoms with Crippen molar-refractivity contribution in [2.75, 3.05) is 11.5 Å².